The van der Waals surface area contributed by atoms with Crippen LogP contribution in [0.1, 0.15) is 34.8 Å². The largest absolute Gasteiger partial charge is 0.381 e. The lowest BCUT2D eigenvalue weighted by Crippen LogP contribution is -2.66. The summed E-state index contributed by atoms with van der Waals surface area (Å²) < 4.78 is 17.5. The van der Waals surface area contributed by atoms with Crippen LogP contribution in [0.25, 0.3) is 0 Å². The summed E-state index contributed by atoms with van der Waals surface area (Å²) in [5, 5.41) is 2.77. The average molecular weight is 366 g/mol. The lowest BCUT2D eigenvalue weighted by molar-refractivity contribution is -0.130. The Morgan fingerprint density at radius 3 is 2.84 bits per heavy atom. The topological polar surface area (TPSA) is 60.9 Å². The molecule has 7 heteroatoms. The van der Waals surface area contributed by atoms with Crippen LogP contribution >= 0.6 is 11.3 Å². The van der Waals surface area contributed by atoms with E-state index in [1.54, 1.807) is 0 Å². The Bertz CT molecular complexity index is 608. The fraction of sp³-hybridized carbons (Fsp3) is 0.778. The average Bonchev–Trinajstić information content (AvgIpc) is 3.20. The predicted octanol–water partition coefficient (Wildman–Crippen LogP) is 2.13. The van der Waals surface area contributed by atoms with Gasteiger partial charge in [0.25, 0.3) is 5.91 Å². The van der Waals surface area contributed by atoms with Crippen LogP contribution in [-0.4, -0.2) is 67.5 Å². The Labute approximate surface area is 152 Å². The number of nitrogens with zero attached hydrogens (tertiary/aromatic N) is 2. The molecule has 4 heterocycles. The third kappa shape index (κ3) is 3.60. The highest BCUT2D eigenvalue weighted by Crippen LogP contribution is 2.40. The Morgan fingerprint density at radius 2 is 2.12 bits per heavy atom. The second-order valence-electron chi connectivity index (χ2n) is 7.41. The molecule has 3 fully saturated rings. The highest BCUT2D eigenvalue weighted by molar-refractivity contribution is 7.09. The number of aromatic nitrogens is 1. The first kappa shape index (κ1) is 17.4. The molecule has 1 aromatic rings. The molecule has 3 aliphatic heterocycles. The van der Waals surface area contributed by atoms with Crippen LogP contribution in [-0.2, 0) is 14.2 Å². The molecule has 25 heavy (non-hydrogen) atoms. The molecule has 138 valence electrons. The summed E-state index contributed by atoms with van der Waals surface area (Å²) in [4.78, 5) is 18.6. The van der Waals surface area contributed by atoms with E-state index in [-0.39, 0.29) is 11.5 Å². The molecule has 0 bridgehead atoms. The standard InChI is InChI=1S/C18H26N2O4S/c1-13-19-16(10-25-13)17(21)20-11-18(12-20)15(4-7-24-18)9-23-8-14-2-5-22-6-3-14/h10,14-15H,2-9,11-12H2,1H3/t15-/m1/s1. The second-order valence-corrected chi connectivity index (χ2v) is 8.47. The zero-order valence-electron chi connectivity index (χ0n) is 14.7. The van der Waals surface area contributed by atoms with Gasteiger partial charge < -0.3 is 19.1 Å². The van der Waals surface area contributed by atoms with E-state index in [4.69, 9.17) is 14.2 Å². The van der Waals surface area contributed by atoms with E-state index in [2.05, 4.69) is 4.98 Å². The van der Waals surface area contributed by atoms with E-state index < -0.39 is 0 Å². The van der Waals surface area contributed by atoms with E-state index >= 15 is 0 Å². The number of thiazole rings is 1. The highest BCUT2D eigenvalue weighted by atomic mass is 32.1. The first-order chi connectivity index (χ1) is 12.2. The van der Waals surface area contributed by atoms with Gasteiger partial charge in [0.05, 0.1) is 24.7 Å². The fourth-order valence-electron chi connectivity index (χ4n) is 4.03. The quantitative estimate of drug-likeness (QED) is 0.799. The lowest BCUT2D eigenvalue weighted by Gasteiger charge is -2.50. The number of aryl methyl sites for hydroxylation is 1. The SMILES string of the molecule is Cc1nc(C(=O)N2CC3(C2)OCC[C@@H]3COCC2CCOCC2)cs1. The molecule has 1 amide bonds. The van der Waals surface area contributed by atoms with Crippen molar-refractivity contribution in [3.63, 3.8) is 0 Å². The molecule has 3 saturated heterocycles. The van der Waals surface area contributed by atoms with Gasteiger partial charge in [-0.3, -0.25) is 4.79 Å². The minimum Gasteiger partial charge on any atom is -0.381 e. The maximum absolute atomic E-state index is 12.5. The number of ether oxygens (including phenoxy) is 3. The number of hydrogen-bond acceptors (Lipinski definition) is 6. The minimum atomic E-state index is -0.198. The Morgan fingerprint density at radius 1 is 1.32 bits per heavy atom. The van der Waals surface area contributed by atoms with Gasteiger partial charge in [0.15, 0.2) is 0 Å². The fourth-order valence-corrected chi connectivity index (χ4v) is 4.61. The van der Waals surface area contributed by atoms with Gasteiger partial charge in [0.1, 0.15) is 11.3 Å². The van der Waals surface area contributed by atoms with E-state index in [1.807, 2.05) is 17.2 Å². The molecule has 3 aliphatic rings. The Hall–Kier alpha value is -1.02. The molecular formula is C18H26N2O4S. The summed E-state index contributed by atoms with van der Waals surface area (Å²) in [6.07, 6.45) is 3.22. The molecule has 4 rings (SSSR count). The zero-order valence-corrected chi connectivity index (χ0v) is 15.6. The van der Waals surface area contributed by atoms with Crippen molar-refractivity contribution in [3.05, 3.63) is 16.1 Å². The summed E-state index contributed by atoms with van der Waals surface area (Å²) >= 11 is 1.51. The first-order valence-corrected chi connectivity index (χ1v) is 10.1. The summed E-state index contributed by atoms with van der Waals surface area (Å²) in [7, 11) is 0. The van der Waals surface area contributed by atoms with Crippen molar-refractivity contribution in [2.75, 3.05) is 46.1 Å². The monoisotopic (exact) mass is 366 g/mol. The summed E-state index contributed by atoms with van der Waals surface area (Å²) in [6, 6.07) is 0. The maximum Gasteiger partial charge on any atom is 0.273 e. The Balaban J connectivity index is 1.26. The van der Waals surface area contributed by atoms with Gasteiger partial charge in [-0.25, -0.2) is 4.98 Å². The van der Waals surface area contributed by atoms with E-state index in [0.29, 0.717) is 30.6 Å². The van der Waals surface area contributed by atoms with Crippen molar-refractivity contribution in [2.24, 2.45) is 11.8 Å². The molecule has 1 atom stereocenters. The number of amides is 1. The predicted molar refractivity (Wildman–Crippen MR) is 93.9 cm³/mol. The molecule has 0 aliphatic carbocycles. The molecule has 0 N–H and O–H groups in total. The molecule has 1 aromatic heterocycles. The van der Waals surface area contributed by atoms with Gasteiger partial charge in [-0.05, 0) is 32.1 Å². The van der Waals surface area contributed by atoms with Crippen molar-refractivity contribution < 1.29 is 19.0 Å². The van der Waals surface area contributed by atoms with Crippen LogP contribution < -0.4 is 0 Å². The van der Waals surface area contributed by atoms with Crippen LogP contribution in [0.4, 0.5) is 0 Å². The summed E-state index contributed by atoms with van der Waals surface area (Å²) in [5.74, 6) is 1.03. The smallest absolute Gasteiger partial charge is 0.273 e. The molecule has 0 saturated carbocycles. The summed E-state index contributed by atoms with van der Waals surface area (Å²) in [6.45, 7) is 7.27. The van der Waals surface area contributed by atoms with Crippen molar-refractivity contribution in [1.29, 1.82) is 0 Å². The second kappa shape index (κ2) is 7.31. The minimum absolute atomic E-state index is 0.0207. The lowest BCUT2D eigenvalue weighted by atomic mass is 9.81. The Kier molecular flexibility index (Phi) is 5.08. The number of carbonyl (C=O) groups is 1. The van der Waals surface area contributed by atoms with Gasteiger partial charge in [-0.15, -0.1) is 11.3 Å². The number of carbonyl (C=O) groups excluding carboxylic acids is 1. The molecule has 0 unspecified atom stereocenters. The molecule has 6 nitrogen and oxygen atoms in total. The van der Waals surface area contributed by atoms with Crippen LogP contribution in [0, 0.1) is 18.8 Å². The van der Waals surface area contributed by atoms with Crippen LogP contribution in [0.2, 0.25) is 0 Å². The van der Waals surface area contributed by atoms with Crippen molar-refractivity contribution in [1.82, 2.24) is 9.88 Å². The summed E-state index contributed by atoms with van der Waals surface area (Å²) in [5.41, 5.74) is 0.360. The molecule has 1 spiro atoms. The highest BCUT2D eigenvalue weighted by Gasteiger charge is 2.54. The van der Waals surface area contributed by atoms with Crippen molar-refractivity contribution in [2.45, 2.75) is 31.8 Å². The number of rotatable bonds is 5. The maximum atomic E-state index is 12.5. The van der Waals surface area contributed by atoms with Gasteiger partial charge in [0, 0.05) is 37.7 Å². The van der Waals surface area contributed by atoms with Gasteiger partial charge in [-0.2, -0.15) is 0 Å². The van der Waals surface area contributed by atoms with Gasteiger partial charge >= 0.3 is 0 Å². The van der Waals surface area contributed by atoms with Crippen LogP contribution in [0.3, 0.4) is 0 Å². The molecule has 0 aromatic carbocycles. The van der Waals surface area contributed by atoms with E-state index in [9.17, 15) is 4.79 Å². The molecular weight excluding hydrogens is 340 g/mol. The number of hydrogen-bond donors (Lipinski definition) is 0. The van der Waals surface area contributed by atoms with Crippen molar-refractivity contribution in [3.8, 4) is 0 Å². The first-order valence-electron chi connectivity index (χ1n) is 9.17. The number of likely N-dealkylation sites (tertiary alicyclic amines) is 1. The van der Waals surface area contributed by atoms with Crippen molar-refractivity contribution >= 4 is 17.2 Å². The zero-order chi connectivity index (χ0) is 17.3. The third-order valence-corrected chi connectivity index (χ3v) is 6.43. The van der Waals surface area contributed by atoms with E-state index in [1.165, 1.54) is 11.3 Å². The normalized spacial score (nSPS) is 26.1. The third-order valence-electron chi connectivity index (χ3n) is 5.66. The van der Waals surface area contributed by atoms with Crippen LogP contribution in [0.5, 0.6) is 0 Å². The van der Waals surface area contributed by atoms with E-state index in [0.717, 1.165) is 57.3 Å². The van der Waals surface area contributed by atoms with Gasteiger partial charge in [-0.1, -0.05) is 0 Å². The van der Waals surface area contributed by atoms with Crippen LogP contribution in [0.15, 0.2) is 5.38 Å². The van der Waals surface area contributed by atoms with Gasteiger partial charge in [0.2, 0.25) is 0 Å². The molecule has 0 radical (unpaired) electrons.